The van der Waals surface area contributed by atoms with Crippen LogP contribution in [0.3, 0.4) is 0 Å². The number of amides is 2. The molecule has 1 N–H and O–H groups in total. The quantitative estimate of drug-likeness (QED) is 0.361. The third-order valence-corrected chi connectivity index (χ3v) is 8.49. The lowest BCUT2D eigenvalue weighted by Crippen LogP contribution is -2.46. The summed E-state index contributed by atoms with van der Waals surface area (Å²) in [5.74, 6) is 0.0953. The highest BCUT2D eigenvalue weighted by Gasteiger charge is 2.28. The van der Waals surface area contributed by atoms with Crippen LogP contribution < -0.4 is 10.1 Å². The molecule has 5 rings (SSSR count). The van der Waals surface area contributed by atoms with Crippen LogP contribution in [0.1, 0.15) is 39.6 Å². The Bertz CT molecular complexity index is 1480. The molecule has 1 aliphatic heterocycles. The molecule has 1 aliphatic rings. The number of aromatic nitrogens is 2. The molecule has 3 atom stereocenters. The van der Waals surface area contributed by atoms with E-state index in [0.29, 0.717) is 35.2 Å². The van der Waals surface area contributed by atoms with Gasteiger partial charge in [-0.25, -0.2) is 4.98 Å². The Kier molecular flexibility index (Phi) is 8.92. The van der Waals surface area contributed by atoms with E-state index in [4.69, 9.17) is 9.47 Å². The Morgan fingerprint density at radius 2 is 1.90 bits per heavy atom. The van der Waals surface area contributed by atoms with Crippen molar-refractivity contribution in [3.05, 3.63) is 83.1 Å². The van der Waals surface area contributed by atoms with Crippen molar-refractivity contribution >= 4 is 39.1 Å². The van der Waals surface area contributed by atoms with Crippen molar-refractivity contribution in [1.29, 1.82) is 0 Å². The lowest BCUT2D eigenvalue weighted by molar-refractivity contribution is 0.00921. The molecule has 214 valence electrons. The Morgan fingerprint density at radius 3 is 2.66 bits per heavy atom. The van der Waals surface area contributed by atoms with Gasteiger partial charge in [-0.05, 0) is 60.9 Å². The van der Waals surface area contributed by atoms with Gasteiger partial charge < -0.3 is 19.7 Å². The summed E-state index contributed by atoms with van der Waals surface area (Å²) in [4.78, 5) is 39.3. The van der Waals surface area contributed by atoms with Gasteiger partial charge >= 0.3 is 0 Å². The van der Waals surface area contributed by atoms with E-state index >= 15 is 0 Å². The minimum Gasteiger partial charge on any atom is -0.491 e. The number of methoxy groups -OCH3 is 1. The third-order valence-electron chi connectivity index (χ3n) is 7.45. The zero-order chi connectivity index (χ0) is 28.9. The second kappa shape index (κ2) is 12.8. The van der Waals surface area contributed by atoms with Crippen LogP contribution in [0.25, 0.3) is 10.2 Å². The van der Waals surface area contributed by atoms with Gasteiger partial charge in [-0.3, -0.25) is 19.5 Å². The summed E-state index contributed by atoms with van der Waals surface area (Å²) in [6.07, 6.45) is 3.44. The predicted octanol–water partition coefficient (Wildman–Crippen LogP) is 4.95. The first-order chi connectivity index (χ1) is 19.8. The number of rotatable bonds is 5. The molecule has 2 aromatic carbocycles. The summed E-state index contributed by atoms with van der Waals surface area (Å²) in [5, 5.41) is 3.27. The number of carbonyl (C=O) groups is 2. The molecule has 0 spiro atoms. The first-order valence-electron chi connectivity index (χ1n) is 13.7. The Hall–Kier alpha value is -3.86. The number of benzene rings is 2. The van der Waals surface area contributed by atoms with Crippen LogP contribution in [0.2, 0.25) is 0 Å². The van der Waals surface area contributed by atoms with E-state index in [9.17, 15) is 9.59 Å². The molecule has 0 fully saturated rings. The summed E-state index contributed by atoms with van der Waals surface area (Å²) in [5.41, 5.74) is 2.82. The van der Waals surface area contributed by atoms with Crippen molar-refractivity contribution in [2.45, 2.75) is 32.5 Å². The number of fused-ring (bicyclic) bond motifs is 2. The van der Waals surface area contributed by atoms with Gasteiger partial charge in [0, 0.05) is 57.9 Å². The lowest BCUT2D eigenvalue weighted by atomic mass is 10.0. The van der Waals surface area contributed by atoms with Crippen LogP contribution in [0, 0.1) is 5.92 Å². The number of nitrogens with one attached hydrogen (secondary N) is 1. The van der Waals surface area contributed by atoms with Crippen LogP contribution in [-0.2, 0) is 11.3 Å². The van der Waals surface area contributed by atoms with E-state index in [1.54, 1.807) is 49.7 Å². The number of para-hydroxylation sites is 1. The average Bonchev–Trinajstić information content (AvgIpc) is 3.43. The molecular formula is C31H35N5O4S. The molecule has 0 saturated heterocycles. The Morgan fingerprint density at radius 1 is 1.12 bits per heavy atom. The van der Waals surface area contributed by atoms with Gasteiger partial charge in [-0.2, -0.15) is 0 Å². The molecule has 3 heterocycles. The number of likely N-dealkylation sites (N-methyl/N-ethyl adjacent to an activating group) is 1. The number of hydrogen-bond donors (Lipinski definition) is 1. The molecule has 0 bridgehead atoms. The summed E-state index contributed by atoms with van der Waals surface area (Å²) >= 11 is 1.33. The Balaban J connectivity index is 1.41. The number of ether oxygens (including phenoxy) is 2. The van der Waals surface area contributed by atoms with E-state index in [-0.39, 0.29) is 29.9 Å². The predicted molar refractivity (Wildman–Crippen MR) is 161 cm³/mol. The minimum atomic E-state index is -0.324. The standard InChI is InChI=1S/C31H35N5O4S/c1-20-16-36(17-22-11-13-32-14-12-22)21(2)19-40-26-10-9-23(15-24(26)31(38)35(3)18-27(20)39-4)33-29(37)30-34-25-7-5-6-8-28(25)41-30/h5-15,20-21,27H,16-19H2,1-4H3,(H,33,37)/t20-,21+,27+/m1/s1. The molecular weight excluding hydrogens is 538 g/mol. The van der Waals surface area contributed by atoms with Gasteiger partial charge in [-0.1, -0.05) is 19.1 Å². The fourth-order valence-corrected chi connectivity index (χ4v) is 5.89. The van der Waals surface area contributed by atoms with Crippen molar-refractivity contribution in [3.63, 3.8) is 0 Å². The smallest absolute Gasteiger partial charge is 0.284 e. The number of anilines is 1. The van der Waals surface area contributed by atoms with Gasteiger partial charge in [0.15, 0.2) is 5.01 Å². The summed E-state index contributed by atoms with van der Waals surface area (Å²) in [6.45, 7) is 6.59. The normalized spacial score (nSPS) is 20.5. The minimum absolute atomic E-state index is 0.0571. The SMILES string of the molecule is CO[C@H]1CN(C)C(=O)c2cc(NC(=O)c3nc4ccccc4s3)ccc2OC[C@H](C)N(Cc2ccncc2)C[C@H]1C. The van der Waals surface area contributed by atoms with E-state index in [1.165, 1.54) is 16.9 Å². The largest absolute Gasteiger partial charge is 0.491 e. The van der Waals surface area contributed by atoms with Crippen LogP contribution in [0.5, 0.6) is 5.75 Å². The number of carbonyl (C=O) groups excluding carboxylic acids is 2. The molecule has 9 nitrogen and oxygen atoms in total. The number of hydrogen-bond acceptors (Lipinski definition) is 8. The maximum atomic E-state index is 13.7. The molecule has 0 radical (unpaired) electrons. The fraction of sp³-hybridized carbons (Fsp3) is 0.355. The van der Waals surface area contributed by atoms with E-state index in [2.05, 4.69) is 34.0 Å². The monoisotopic (exact) mass is 573 g/mol. The molecule has 10 heteroatoms. The van der Waals surface area contributed by atoms with Crippen LogP contribution in [0.15, 0.2) is 67.0 Å². The number of nitrogens with zero attached hydrogens (tertiary/aromatic N) is 4. The van der Waals surface area contributed by atoms with E-state index < -0.39 is 0 Å². The summed E-state index contributed by atoms with van der Waals surface area (Å²) in [6, 6.07) is 16.9. The van der Waals surface area contributed by atoms with Gasteiger partial charge in [0.1, 0.15) is 12.4 Å². The summed E-state index contributed by atoms with van der Waals surface area (Å²) in [7, 11) is 3.45. The molecule has 41 heavy (non-hydrogen) atoms. The van der Waals surface area contributed by atoms with Gasteiger partial charge in [0.25, 0.3) is 11.8 Å². The van der Waals surface area contributed by atoms with Crippen molar-refractivity contribution < 1.29 is 19.1 Å². The van der Waals surface area contributed by atoms with Crippen molar-refractivity contribution in [2.75, 3.05) is 39.2 Å². The van der Waals surface area contributed by atoms with E-state index in [1.807, 2.05) is 36.4 Å². The maximum Gasteiger partial charge on any atom is 0.284 e. The first-order valence-corrected chi connectivity index (χ1v) is 14.5. The highest BCUT2D eigenvalue weighted by atomic mass is 32.1. The molecule has 2 amide bonds. The molecule has 0 aliphatic carbocycles. The van der Waals surface area contributed by atoms with Crippen molar-refractivity contribution in [3.8, 4) is 5.75 Å². The molecule has 2 aromatic heterocycles. The van der Waals surface area contributed by atoms with Crippen molar-refractivity contribution in [1.82, 2.24) is 19.8 Å². The number of pyridine rings is 1. The second-order valence-corrected chi connectivity index (χ2v) is 11.6. The average molecular weight is 574 g/mol. The van der Waals surface area contributed by atoms with Crippen molar-refractivity contribution in [2.24, 2.45) is 5.92 Å². The van der Waals surface area contributed by atoms with Gasteiger partial charge in [0.2, 0.25) is 0 Å². The second-order valence-electron chi connectivity index (χ2n) is 10.5. The van der Waals surface area contributed by atoms with E-state index in [0.717, 1.165) is 23.3 Å². The van der Waals surface area contributed by atoms with Gasteiger partial charge in [-0.15, -0.1) is 11.3 Å². The third kappa shape index (κ3) is 6.73. The molecule has 0 saturated carbocycles. The van der Waals surface area contributed by atoms with Crippen LogP contribution in [0.4, 0.5) is 5.69 Å². The fourth-order valence-electron chi connectivity index (χ4n) is 5.03. The molecule has 4 aromatic rings. The number of thiazole rings is 1. The summed E-state index contributed by atoms with van der Waals surface area (Å²) < 4.78 is 13.1. The first kappa shape index (κ1) is 28.7. The Labute approximate surface area is 244 Å². The van der Waals surface area contributed by atoms with Crippen LogP contribution in [-0.4, -0.2) is 77.6 Å². The topological polar surface area (TPSA) is 96.9 Å². The highest BCUT2D eigenvalue weighted by molar-refractivity contribution is 7.20. The molecule has 0 unspecified atom stereocenters. The lowest BCUT2D eigenvalue weighted by Gasteiger charge is -2.36. The maximum absolute atomic E-state index is 13.7. The highest BCUT2D eigenvalue weighted by Crippen LogP contribution is 2.28. The zero-order valence-electron chi connectivity index (χ0n) is 23.7. The van der Waals surface area contributed by atoms with Gasteiger partial charge in [0.05, 0.1) is 21.9 Å². The van der Waals surface area contributed by atoms with Crippen LogP contribution >= 0.6 is 11.3 Å². The zero-order valence-corrected chi connectivity index (χ0v) is 24.6.